The van der Waals surface area contributed by atoms with Crippen LogP contribution in [-0.4, -0.2) is 0 Å². The molecule has 2 N–H and O–H groups in total. The van der Waals surface area contributed by atoms with E-state index in [-0.39, 0.29) is 10.8 Å². The molecule has 0 bridgehead atoms. The minimum Gasteiger partial charge on any atom is -0.398 e. The molecule has 0 saturated heterocycles. The summed E-state index contributed by atoms with van der Waals surface area (Å²) in [5.74, 6) is 0. The van der Waals surface area contributed by atoms with Crippen molar-refractivity contribution >= 4 is 5.69 Å². The highest BCUT2D eigenvalue weighted by molar-refractivity contribution is 5.59. The van der Waals surface area contributed by atoms with Gasteiger partial charge in [0.05, 0.1) is 0 Å². The van der Waals surface area contributed by atoms with Crippen molar-refractivity contribution in [3.8, 4) is 0 Å². The van der Waals surface area contributed by atoms with Crippen molar-refractivity contribution in [2.75, 3.05) is 5.73 Å². The van der Waals surface area contributed by atoms with Crippen molar-refractivity contribution in [1.82, 2.24) is 0 Å². The second-order valence-corrected chi connectivity index (χ2v) is 6.95. The molecular formula is C16H27N. The predicted octanol–water partition coefficient (Wildman–Crippen LogP) is 4.43. The van der Waals surface area contributed by atoms with E-state index in [1.165, 1.54) is 16.7 Å². The van der Waals surface area contributed by atoms with E-state index in [0.717, 1.165) is 12.1 Å². The van der Waals surface area contributed by atoms with Crippen LogP contribution in [0.2, 0.25) is 0 Å². The Labute approximate surface area is 106 Å². The number of nitrogens with two attached hydrogens (primary N) is 1. The molecule has 1 aromatic carbocycles. The molecule has 96 valence electrons. The van der Waals surface area contributed by atoms with Crippen LogP contribution >= 0.6 is 0 Å². The molecule has 0 unspecified atom stereocenters. The molecule has 1 heteroatoms. The van der Waals surface area contributed by atoms with Crippen molar-refractivity contribution in [3.63, 3.8) is 0 Å². The van der Waals surface area contributed by atoms with Crippen LogP contribution in [0.5, 0.6) is 0 Å². The summed E-state index contributed by atoms with van der Waals surface area (Å²) >= 11 is 0. The van der Waals surface area contributed by atoms with Crippen molar-refractivity contribution < 1.29 is 0 Å². The van der Waals surface area contributed by atoms with Gasteiger partial charge < -0.3 is 5.73 Å². The van der Waals surface area contributed by atoms with Gasteiger partial charge in [-0.05, 0) is 33.9 Å². The Morgan fingerprint density at radius 2 is 1.47 bits per heavy atom. The molecule has 0 aliphatic rings. The highest BCUT2D eigenvalue weighted by Crippen LogP contribution is 2.35. The molecule has 1 aromatic rings. The summed E-state index contributed by atoms with van der Waals surface area (Å²) < 4.78 is 0. The van der Waals surface area contributed by atoms with E-state index in [0.29, 0.717) is 0 Å². The van der Waals surface area contributed by atoms with E-state index in [9.17, 15) is 0 Å². The lowest BCUT2D eigenvalue weighted by molar-refractivity contribution is 0.569. The smallest absolute Gasteiger partial charge is 0.0384 e. The molecule has 0 atom stereocenters. The summed E-state index contributed by atoms with van der Waals surface area (Å²) in [5.41, 5.74) is 11.5. The highest BCUT2D eigenvalue weighted by Gasteiger charge is 2.23. The van der Waals surface area contributed by atoms with Crippen LogP contribution < -0.4 is 5.73 Å². The number of benzene rings is 1. The zero-order chi connectivity index (χ0) is 13.4. The minimum atomic E-state index is 0.106. The van der Waals surface area contributed by atoms with Gasteiger partial charge >= 0.3 is 0 Å². The lowest BCUT2D eigenvalue weighted by atomic mass is 9.78. The van der Waals surface area contributed by atoms with Gasteiger partial charge in [0.1, 0.15) is 0 Å². The Kier molecular flexibility index (Phi) is 3.61. The summed E-state index contributed by atoms with van der Waals surface area (Å²) in [7, 11) is 0. The van der Waals surface area contributed by atoms with E-state index in [1.807, 2.05) is 0 Å². The molecule has 0 spiro atoms. The third-order valence-corrected chi connectivity index (χ3v) is 3.32. The van der Waals surface area contributed by atoms with Gasteiger partial charge in [0.15, 0.2) is 0 Å². The summed E-state index contributed by atoms with van der Waals surface area (Å²) in [5, 5.41) is 0. The molecule has 0 saturated carbocycles. The summed E-state index contributed by atoms with van der Waals surface area (Å²) in [4.78, 5) is 0. The maximum Gasteiger partial charge on any atom is 0.0384 e. The third-order valence-electron chi connectivity index (χ3n) is 3.32. The summed E-state index contributed by atoms with van der Waals surface area (Å²) in [6, 6.07) is 4.55. The van der Waals surface area contributed by atoms with Gasteiger partial charge in [-0.1, -0.05) is 60.6 Å². The zero-order valence-electron chi connectivity index (χ0n) is 12.4. The maximum atomic E-state index is 6.29. The van der Waals surface area contributed by atoms with Crippen LogP contribution in [0.1, 0.15) is 65.2 Å². The van der Waals surface area contributed by atoms with Crippen LogP contribution in [0, 0.1) is 0 Å². The fourth-order valence-electron chi connectivity index (χ4n) is 2.06. The first-order valence-electron chi connectivity index (χ1n) is 6.50. The SMILES string of the molecule is CCc1cc(C(C)(C)C)cc(C(C)(C)C)c1N. The Hall–Kier alpha value is -0.980. The van der Waals surface area contributed by atoms with Gasteiger partial charge in [-0.3, -0.25) is 0 Å². The van der Waals surface area contributed by atoms with Crippen molar-refractivity contribution in [2.24, 2.45) is 0 Å². The minimum absolute atomic E-state index is 0.106. The van der Waals surface area contributed by atoms with Crippen molar-refractivity contribution in [3.05, 3.63) is 28.8 Å². The highest BCUT2D eigenvalue weighted by atomic mass is 14.6. The molecule has 17 heavy (non-hydrogen) atoms. The van der Waals surface area contributed by atoms with Crippen molar-refractivity contribution in [1.29, 1.82) is 0 Å². The zero-order valence-corrected chi connectivity index (χ0v) is 12.4. The van der Waals surface area contributed by atoms with Gasteiger partial charge in [0.2, 0.25) is 0 Å². The first-order valence-corrected chi connectivity index (χ1v) is 6.50. The molecule has 1 rings (SSSR count). The Balaban J connectivity index is 3.50. The van der Waals surface area contributed by atoms with Crippen LogP contribution in [0.3, 0.4) is 0 Å². The van der Waals surface area contributed by atoms with Crippen LogP contribution in [0.15, 0.2) is 12.1 Å². The topological polar surface area (TPSA) is 26.0 Å². The number of hydrogen-bond acceptors (Lipinski definition) is 1. The van der Waals surface area contributed by atoms with E-state index in [1.54, 1.807) is 0 Å². The van der Waals surface area contributed by atoms with Gasteiger partial charge in [-0.25, -0.2) is 0 Å². The number of anilines is 1. The molecule has 0 heterocycles. The second kappa shape index (κ2) is 4.36. The third kappa shape index (κ3) is 3.02. The molecule has 1 nitrogen and oxygen atoms in total. The van der Waals surface area contributed by atoms with Gasteiger partial charge in [0, 0.05) is 5.69 Å². The average Bonchev–Trinajstić information content (AvgIpc) is 2.14. The van der Waals surface area contributed by atoms with Crippen molar-refractivity contribution in [2.45, 2.75) is 65.7 Å². The molecule has 0 aliphatic carbocycles. The van der Waals surface area contributed by atoms with Gasteiger partial charge in [0.25, 0.3) is 0 Å². The first kappa shape index (κ1) is 14.1. The van der Waals surface area contributed by atoms with Gasteiger partial charge in [-0.2, -0.15) is 0 Å². The quantitative estimate of drug-likeness (QED) is 0.714. The molecule has 0 amide bonds. The number of hydrogen-bond donors (Lipinski definition) is 1. The normalized spacial score (nSPS) is 12.9. The fraction of sp³-hybridized carbons (Fsp3) is 0.625. The van der Waals surface area contributed by atoms with E-state index in [2.05, 4.69) is 60.6 Å². The number of nitrogen functional groups attached to an aromatic ring is 1. The monoisotopic (exact) mass is 233 g/mol. The molecule has 0 aliphatic heterocycles. The molecule has 0 fully saturated rings. The molecular weight excluding hydrogens is 206 g/mol. The summed E-state index contributed by atoms with van der Waals surface area (Å²) in [6.45, 7) is 15.6. The average molecular weight is 233 g/mol. The predicted molar refractivity (Wildman–Crippen MR) is 77.6 cm³/mol. The van der Waals surface area contributed by atoms with E-state index < -0.39 is 0 Å². The lowest BCUT2D eigenvalue weighted by Crippen LogP contribution is -2.19. The molecule has 0 aromatic heterocycles. The lowest BCUT2D eigenvalue weighted by Gasteiger charge is -2.28. The standard InChI is InChI=1S/C16H27N/c1-8-11-9-12(15(2,3)4)10-13(14(11)17)16(5,6)7/h9-10H,8,17H2,1-7H3. The fourth-order valence-corrected chi connectivity index (χ4v) is 2.06. The van der Waals surface area contributed by atoms with E-state index >= 15 is 0 Å². The van der Waals surface area contributed by atoms with Crippen LogP contribution in [0.4, 0.5) is 5.69 Å². The van der Waals surface area contributed by atoms with Crippen LogP contribution in [0.25, 0.3) is 0 Å². The molecule has 0 radical (unpaired) electrons. The number of aryl methyl sites for hydroxylation is 1. The number of rotatable bonds is 1. The van der Waals surface area contributed by atoms with Gasteiger partial charge in [-0.15, -0.1) is 0 Å². The van der Waals surface area contributed by atoms with E-state index in [4.69, 9.17) is 5.73 Å². The first-order chi connectivity index (χ1) is 7.57. The Bertz CT molecular complexity index is 403. The Morgan fingerprint density at radius 1 is 0.941 bits per heavy atom. The van der Waals surface area contributed by atoms with Crippen LogP contribution in [-0.2, 0) is 17.3 Å². The summed E-state index contributed by atoms with van der Waals surface area (Å²) in [6.07, 6.45) is 0.999. The Morgan fingerprint density at radius 3 is 1.82 bits per heavy atom. The second-order valence-electron chi connectivity index (χ2n) is 6.95. The largest absolute Gasteiger partial charge is 0.398 e. The maximum absolute atomic E-state index is 6.29.